The molecule has 0 heterocycles. The maximum Gasteiger partial charge on any atom is 0.335 e. The van der Waals surface area contributed by atoms with E-state index in [-0.39, 0.29) is 16.9 Å². The average Bonchev–Trinajstić information content (AvgIpc) is 2.38. The number of carbonyl (C=O) groups is 1. The molecule has 6 nitrogen and oxygen atoms in total. The molecule has 0 aliphatic rings. The summed E-state index contributed by atoms with van der Waals surface area (Å²) in [5.41, 5.74) is 7.43. The van der Waals surface area contributed by atoms with Gasteiger partial charge < -0.3 is 10.8 Å². The Morgan fingerprint density at radius 3 is 2.40 bits per heavy atom. The molecule has 5 N–H and O–H groups in total. The fourth-order valence-corrected chi connectivity index (χ4v) is 2.24. The summed E-state index contributed by atoms with van der Waals surface area (Å²) in [4.78, 5) is 11.0. The van der Waals surface area contributed by atoms with Gasteiger partial charge in [0.25, 0.3) is 11.3 Å². The lowest BCUT2D eigenvalue weighted by Crippen LogP contribution is -2.08. The lowest BCUT2D eigenvalue weighted by atomic mass is 9.99. The molecule has 7 heteroatoms. The van der Waals surface area contributed by atoms with E-state index in [1.807, 2.05) is 6.07 Å². The van der Waals surface area contributed by atoms with Gasteiger partial charge in [-0.1, -0.05) is 30.3 Å². The maximum absolute atomic E-state index is 11.0. The molecule has 0 fully saturated rings. The summed E-state index contributed by atoms with van der Waals surface area (Å²) in [5, 5.41) is 9.01. The SMILES string of the molecule is Nc1cc(C(=O)O)cc(NS(=O)O)c1-c1ccccc1. The van der Waals surface area contributed by atoms with Crippen LogP contribution in [0.25, 0.3) is 11.1 Å². The molecule has 20 heavy (non-hydrogen) atoms. The highest BCUT2D eigenvalue weighted by Crippen LogP contribution is 2.35. The average molecular weight is 292 g/mol. The first-order valence-electron chi connectivity index (χ1n) is 5.59. The summed E-state index contributed by atoms with van der Waals surface area (Å²) in [6, 6.07) is 11.5. The van der Waals surface area contributed by atoms with Crippen molar-refractivity contribution in [1.29, 1.82) is 0 Å². The Bertz CT molecular complexity index is 674. The predicted octanol–water partition coefficient (Wildman–Crippen LogP) is 2.18. The maximum atomic E-state index is 11.0. The first-order valence-corrected chi connectivity index (χ1v) is 6.69. The molecule has 2 aromatic carbocycles. The molecule has 0 aromatic heterocycles. The van der Waals surface area contributed by atoms with E-state index >= 15 is 0 Å². The number of nitrogen functional groups attached to an aromatic ring is 1. The topological polar surface area (TPSA) is 113 Å². The first kappa shape index (κ1) is 14.0. The van der Waals surface area contributed by atoms with E-state index in [1.54, 1.807) is 24.3 Å². The van der Waals surface area contributed by atoms with E-state index in [0.717, 1.165) is 5.56 Å². The summed E-state index contributed by atoms with van der Waals surface area (Å²) in [7, 11) is 0. The minimum absolute atomic E-state index is 0.0601. The molecule has 0 aliphatic heterocycles. The van der Waals surface area contributed by atoms with Crippen molar-refractivity contribution in [3.63, 3.8) is 0 Å². The van der Waals surface area contributed by atoms with Crippen LogP contribution >= 0.6 is 0 Å². The number of nitrogens with two attached hydrogens (primary N) is 1. The van der Waals surface area contributed by atoms with Crippen molar-refractivity contribution in [2.24, 2.45) is 0 Å². The zero-order valence-electron chi connectivity index (χ0n) is 10.2. The van der Waals surface area contributed by atoms with Gasteiger partial charge in [-0.3, -0.25) is 9.27 Å². The van der Waals surface area contributed by atoms with Crippen LogP contribution in [0, 0.1) is 0 Å². The molecule has 2 aromatic rings. The molecule has 0 amide bonds. The van der Waals surface area contributed by atoms with Crippen molar-refractivity contribution >= 4 is 28.6 Å². The second kappa shape index (κ2) is 5.72. The summed E-state index contributed by atoms with van der Waals surface area (Å²) < 4.78 is 22.2. The monoisotopic (exact) mass is 292 g/mol. The van der Waals surface area contributed by atoms with Crippen LogP contribution in [0.1, 0.15) is 10.4 Å². The van der Waals surface area contributed by atoms with Crippen molar-refractivity contribution in [2.75, 3.05) is 10.5 Å². The third-order valence-corrected chi connectivity index (χ3v) is 3.07. The van der Waals surface area contributed by atoms with Crippen molar-refractivity contribution in [2.45, 2.75) is 0 Å². The van der Waals surface area contributed by atoms with Gasteiger partial charge in [0.2, 0.25) is 0 Å². The Hall–Kier alpha value is -2.38. The molecule has 0 radical (unpaired) electrons. The lowest BCUT2D eigenvalue weighted by Gasteiger charge is -2.14. The number of carboxylic acid groups (broad SMARTS) is 1. The third kappa shape index (κ3) is 2.95. The zero-order chi connectivity index (χ0) is 14.7. The number of nitrogens with one attached hydrogen (secondary N) is 1. The second-order valence-corrected chi connectivity index (χ2v) is 4.71. The third-order valence-electron chi connectivity index (χ3n) is 2.68. The van der Waals surface area contributed by atoms with E-state index < -0.39 is 17.2 Å². The first-order chi connectivity index (χ1) is 9.49. The second-order valence-electron chi connectivity index (χ2n) is 4.01. The molecule has 0 saturated heterocycles. The minimum atomic E-state index is -2.33. The van der Waals surface area contributed by atoms with Crippen LogP contribution in [0.4, 0.5) is 11.4 Å². The van der Waals surface area contributed by atoms with Gasteiger partial charge in [0.1, 0.15) is 0 Å². The highest BCUT2D eigenvalue weighted by molar-refractivity contribution is 7.80. The van der Waals surface area contributed by atoms with Crippen LogP contribution in [0.2, 0.25) is 0 Å². The summed E-state index contributed by atoms with van der Waals surface area (Å²) in [6.07, 6.45) is 0. The van der Waals surface area contributed by atoms with Crippen LogP contribution in [-0.4, -0.2) is 19.8 Å². The molecule has 1 atom stereocenters. The molecule has 0 bridgehead atoms. The van der Waals surface area contributed by atoms with Gasteiger partial charge in [0.05, 0.1) is 11.3 Å². The van der Waals surface area contributed by atoms with E-state index in [1.165, 1.54) is 12.1 Å². The van der Waals surface area contributed by atoms with Gasteiger partial charge in [0, 0.05) is 11.3 Å². The molecular formula is C13H12N2O4S. The Kier molecular flexibility index (Phi) is 4.02. The molecular weight excluding hydrogens is 280 g/mol. The summed E-state index contributed by atoms with van der Waals surface area (Å²) >= 11 is -2.33. The van der Waals surface area contributed by atoms with Crippen molar-refractivity contribution < 1.29 is 18.7 Å². The van der Waals surface area contributed by atoms with Gasteiger partial charge in [-0.15, -0.1) is 0 Å². The molecule has 0 spiro atoms. The van der Waals surface area contributed by atoms with E-state index in [9.17, 15) is 9.00 Å². The normalized spacial score (nSPS) is 11.8. The van der Waals surface area contributed by atoms with Crippen LogP contribution in [0.5, 0.6) is 0 Å². The number of carboxylic acids is 1. The highest BCUT2D eigenvalue weighted by atomic mass is 32.2. The minimum Gasteiger partial charge on any atom is -0.478 e. The van der Waals surface area contributed by atoms with Gasteiger partial charge in [-0.25, -0.2) is 9.00 Å². The fraction of sp³-hybridized carbons (Fsp3) is 0. The van der Waals surface area contributed by atoms with Crippen LogP contribution in [0.15, 0.2) is 42.5 Å². The van der Waals surface area contributed by atoms with E-state index in [2.05, 4.69) is 4.72 Å². The van der Waals surface area contributed by atoms with Crippen molar-refractivity contribution in [1.82, 2.24) is 0 Å². The highest BCUT2D eigenvalue weighted by Gasteiger charge is 2.15. The number of hydrogen-bond acceptors (Lipinski definition) is 3. The summed E-state index contributed by atoms with van der Waals surface area (Å²) in [6.45, 7) is 0. The van der Waals surface area contributed by atoms with Gasteiger partial charge in [-0.05, 0) is 17.7 Å². The largest absolute Gasteiger partial charge is 0.478 e. The number of anilines is 2. The lowest BCUT2D eigenvalue weighted by molar-refractivity contribution is 0.0697. The van der Waals surface area contributed by atoms with Crippen LogP contribution < -0.4 is 10.5 Å². The van der Waals surface area contributed by atoms with Gasteiger partial charge >= 0.3 is 5.97 Å². The van der Waals surface area contributed by atoms with Gasteiger partial charge in [-0.2, -0.15) is 0 Å². The molecule has 2 rings (SSSR count). The Morgan fingerprint density at radius 2 is 1.85 bits per heavy atom. The van der Waals surface area contributed by atoms with Crippen LogP contribution in [-0.2, 0) is 11.3 Å². The zero-order valence-corrected chi connectivity index (χ0v) is 11.1. The number of rotatable bonds is 4. The molecule has 1 unspecified atom stereocenters. The van der Waals surface area contributed by atoms with Crippen molar-refractivity contribution in [3.8, 4) is 11.1 Å². The van der Waals surface area contributed by atoms with E-state index in [4.69, 9.17) is 15.4 Å². The molecule has 104 valence electrons. The Labute approximate surface area is 117 Å². The van der Waals surface area contributed by atoms with E-state index in [0.29, 0.717) is 5.56 Å². The fourth-order valence-electron chi connectivity index (χ4n) is 1.89. The standard InChI is InChI=1S/C13H12N2O4S/c14-10-6-9(13(16)17)7-11(15-20(18)19)12(10)8-4-2-1-3-5-8/h1-7,15H,14H2,(H,16,17)(H,18,19). The quantitative estimate of drug-likeness (QED) is 0.509. The molecule has 0 saturated carbocycles. The molecule has 0 aliphatic carbocycles. The predicted molar refractivity (Wildman–Crippen MR) is 77.6 cm³/mol. The van der Waals surface area contributed by atoms with Crippen molar-refractivity contribution in [3.05, 3.63) is 48.0 Å². The van der Waals surface area contributed by atoms with Crippen LogP contribution in [0.3, 0.4) is 0 Å². The van der Waals surface area contributed by atoms with Gasteiger partial charge in [0.15, 0.2) is 0 Å². The number of aromatic carboxylic acids is 1. The number of benzene rings is 2. The summed E-state index contributed by atoms with van der Waals surface area (Å²) in [5.74, 6) is -1.16. The Morgan fingerprint density at radius 1 is 1.20 bits per heavy atom. The number of hydrogen-bond donors (Lipinski definition) is 4. The Balaban J connectivity index is 2.65. The smallest absolute Gasteiger partial charge is 0.335 e.